The first-order chi connectivity index (χ1) is 15.4. The van der Waals surface area contributed by atoms with Crippen molar-refractivity contribution in [1.29, 1.82) is 0 Å². The van der Waals surface area contributed by atoms with E-state index in [0.717, 1.165) is 24.3 Å². The second-order valence-electron chi connectivity index (χ2n) is 7.03. The summed E-state index contributed by atoms with van der Waals surface area (Å²) in [6.07, 6.45) is -8.61. The maximum absolute atomic E-state index is 12.4. The molecule has 1 fully saturated rings. The molecule has 13 nitrogen and oxygen atoms in total. The van der Waals surface area contributed by atoms with Crippen LogP contribution in [0.15, 0.2) is 24.3 Å². The van der Waals surface area contributed by atoms with E-state index in [4.69, 9.17) is 14.2 Å². The zero-order chi connectivity index (χ0) is 24.6. The quantitative estimate of drug-likeness (QED) is 0.212. The molecule has 0 saturated carbocycles. The Labute approximate surface area is 184 Å². The molecule has 33 heavy (non-hydrogen) atoms. The number of carbonyl (C=O) groups is 2. The van der Waals surface area contributed by atoms with Gasteiger partial charge >= 0.3 is 11.9 Å². The van der Waals surface area contributed by atoms with Crippen molar-refractivity contribution in [3.05, 3.63) is 42.3 Å². The molecule has 1 radical (unpaired) electrons. The summed E-state index contributed by atoms with van der Waals surface area (Å²) in [5, 5.41) is 77.5. The molecular weight excluding hydrogens is 448 g/mol. The highest BCUT2D eigenvalue weighted by molar-refractivity contribution is 5.92. The van der Waals surface area contributed by atoms with Gasteiger partial charge in [-0.1, -0.05) is 0 Å². The highest BCUT2D eigenvalue weighted by Gasteiger charge is 2.47. The van der Waals surface area contributed by atoms with E-state index in [9.17, 15) is 50.4 Å². The van der Waals surface area contributed by atoms with Crippen molar-refractivity contribution in [1.82, 2.24) is 0 Å². The number of carbonyl (C=O) groups excluding carboxylic acids is 2. The molecule has 1 heterocycles. The third-order valence-corrected chi connectivity index (χ3v) is 4.72. The molecule has 0 amide bonds. The molecule has 3 rings (SSSR count). The molecule has 5 atom stereocenters. The number of hydrogen-bond donors (Lipinski definition) is 8. The first-order valence-electron chi connectivity index (χ1n) is 9.17. The van der Waals surface area contributed by atoms with Gasteiger partial charge in [0.15, 0.2) is 46.7 Å². The standard InChI is InChI=1S/C20H19O13/c1-6-13(25)17(32-18(29)7-2-9(21)14(26)10(22)3-7)16(28)20(31-6)33-19(30)8-4-11(23)15(27)12(24)5-8/h2-6,13,16-17,20-28H,1H2. The van der Waals surface area contributed by atoms with Crippen LogP contribution in [0.4, 0.5) is 0 Å². The van der Waals surface area contributed by atoms with Crippen molar-refractivity contribution >= 4 is 11.9 Å². The van der Waals surface area contributed by atoms with E-state index in [-0.39, 0.29) is 0 Å². The maximum atomic E-state index is 12.4. The average Bonchev–Trinajstić information content (AvgIpc) is 2.75. The van der Waals surface area contributed by atoms with Crippen molar-refractivity contribution in [3.63, 3.8) is 0 Å². The monoisotopic (exact) mass is 467 g/mol. The lowest BCUT2D eigenvalue weighted by Crippen LogP contribution is -2.59. The fourth-order valence-electron chi connectivity index (χ4n) is 2.95. The molecule has 5 unspecified atom stereocenters. The number of ether oxygens (including phenoxy) is 3. The topological polar surface area (TPSA) is 224 Å². The normalized spacial score (nSPS) is 24.8. The summed E-state index contributed by atoms with van der Waals surface area (Å²) in [4.78, 5) is 24.7. The highest BCUT2D eigenvalue weighted by Crippen LogP contribution is 2.37. The van der Waals surface area contributed by atoms with Crippen molar-refractivity contribution in [2.75, 3.05) is 0 Å². The molecule has 13 heteroatoms. The lowest BCUT2D eigenvalue weighted by atomic mass is 9.99. The molecule has 8 N–H and O–H groups in total. The van der Waals surface area contributed by atoms with E-state index in [1.807, 2.05) is 0 Å². The van der Waals surface area contributed by atoms with Crippen molar-refractivity contribution < 1.29 is 64.7 Å². The van der Waals surface area contributed by atoms with Crippen molar-refractivity contribution in [2.24, 2.45) is 0 Å². The minimum absolute atomic E-state index is 0.436. The van der Waals surface area contributed by atoms with Gasteiger partial charge in [-0.25, -0.2) is 9.59 Å². The molecule has 1 aliphatic heterocycles. The van der Waals surface area contributed by atoms with Gasteiger partial charge in [0.2, 0.25) is 6.29 Å². The maximum Gasteiger partial charge on any atom is 0.340 e. The van der Waals surface area contributed by atoms with Crippen molar-refractivity contribution in [2.45, 2.75) is 30.7 Å². The van der Waals surface area contributed by atoms with Crippen LogP contribution >= 0.6 is 0 Å². The van der Waals surface area contributed by atoms with Crippen LogP contribution in [0.1, 0.15) is 20.7 Å². The number of hydrogen-bond acceptors (Lipinski definition) is 13. The van der Waals surface area contributed by atoms with Gasteiger partial charge in [0.1, 0.15) is 6.10 Å². The van der Waals surface area contributed by atoms with Gasteiger partial charge in [0.25, 0.3) is 0 Å². The van der Waals surface area contributed by atoms with E-state index in [0.29, 0.717) is 0 Å². The Balaban J connectivity index is 1.78. The van der Waals surface area contributed by atoms with Crippen LogP contribution in [0.25, 0.3) is 0 Å². The first kappa shape index (κ1) is 23.7. The van der Waals surface area contributed by atoms with Gasteiger partial charge < -0.3 is 55.1 Å². The molecule has 1 aliphatic rings. The Kier molecular flexibility index (Phi) is 6.39. The highest BCUT2D eigenvalue weighted by atomic mass is 16.7. The molecule has 0 aromatic heterocycles. The summed E-state index contributed by atoms with van der Waals surface area (Å²) in [7, 11) is 0. The third kappa shape index (κ3) is 4.64. The van der Waals surface area contributed by atoms with Gasteiger partial charge in [0, 0.05) is 0 Å². The number of benzene rings is 2. The fraction of sp³-hybridized carbons (Fsp3) is 0.250. The smallest absolute Gasteiger partial charge is 0.340 e. The first-order valence-corrected chi connectivity index (χ1v) is 9.17. The Bertz CT molecular complexity index is 1040. The van der Waals surface area contributed by atoms with Gasteiger partial charge in [-0.15, -0.1) is 0 Å². The molecule has 177 valence electrons. The largest absolute Gasteiger partial charge is 0.504 e. The predicted octanol–water partition coefficient (Wildman–Crippen LogP) is -0.417. The molecular formula is C20H19O13. The van der Waals surface area contributed by atoms with Crippen LogP contribution in [0.5, 0.6) is 34.5 Å². The predicted molar refractivity (Wildman–Crippen MR) is 104 cm³/mol. The van der Waals surface area contributed by atoms with Crippen LogP contribution in [-0.2, 0) is 14.2 Å². The molecule has 2 aromatic carbocycles. The van der Waals surface area contributed by atoms with Crippen LogP contribution in [0.3, 0.4) is 0 Å². The summed E-state index contributed by atoms with van der Waals surface area (Å²) < 4.78 is 15.1. The molecule has 0 spiro atoms. The number of aromatic hydroxyl groups is 6. The van der Waals surface area contributed by atoms with Gasteiger partial charge in [0.05, 0.1) is 17.2 Å². The zero-order valence-electron chi connectivity index (χ0n) is 16.5. The molecule has 2 aromatic rings. The summed E-state index contributed by atoms with van der Waals surface area (Å²) >= 11 is 0. The minimum Gasteiger partial charge on any atom is -0.504 e. The van der Waals surface area contributed by atoms with Crippen LogP contribution in [-0.4, -0.2) is 83.5 Å². The molecule has 0 bridgehead atoms. The van der Waals surface area contributed by atoms with Gasteiger partial charge in [-0.3, -0.25) is 0 Å². The Morgan fingerprint density at radius 3 is 1.55 bits per heavy atom. The lowest BCUT2D eigenvalue weighted by molar-refractivity contribution is -0.270. The van der Waals surface area contributed by atoms with Gasteiger partial charge in [-0.05, 0) is 31.2 Å². The fourth-order valence-corrected chi connectivity index (χ4v) is 2.95. The lowest BCUT2D eigenvalue weighted by Gasteiger charge is -2.40. The van der Waals surface area contributed by atoms with E-state index < -0.39 is 88.3 Å². The zero-order valence-corrected chi connectivity index (χ0v) is 16.5. The second kappa shape index (κ2) is 8.90. The number of rotatable bonds is 4. The number of aliphatic hydroxyl groups excluding tert-OH is 2. The summed E-state index contributed by atoms with van der Waals surface area (Å²) in [5.41, 5.74) is -0.883. The summed E-state index contributed by atoms with van der Waals surface area (Å²) in [5.74, 6) is -7.56. The number of aliphatic hydroxyl groups is 2. The van der Waals surface area contributed by atoms with E-state index in [1.54, 1.807) is 0 Å². The van der Waals surface area contributed by atoms with Crippen LogP contribution in [0.2, 0.25) is 0 Å². The summed E-state index contributed by atoms with van der Waals surface area (Å²) in [6.45, 7) is 3.46. The van der Waals surface area contributed by atoms with Crippen LogP contribution < -0.4 is 0 Å². The molecule has 1 saturated heterocycles. The Hall–Kier alpha value is -3.94. The molecule has 0 aliphatic carbocycles. The van der Waals surface area contributed by atoms with E-state index in [2.05, 4.69) is 6.92 Å². The summed E-state index contributed by atoms with van der Waals surface area (Å²) in [6, 6.07) is 3.06. The average molecular weight is 467 g/mol. The minimum atomic E-state index is -1.95. The Morgan fingerprint density at radius 2 is 1.12 bits per heavy atom. The number of phenolic OH excluding ortho intramolecular Hbond substituents is 6. The van der Waals surface area contributed by atoms with Crippen LogP contribution in [0, 0.1) is 6.92 Å². The number of phenols is 6. The second-order valence-corrected chi connectivity index (χ2v) is 7.03. The van der Waals surface area contributed by atoms with E-state index in [1.165, 1.54) is 0 Å². The van der Waals surface area contributed by atoms with E-state index >= 15 is 0 Å². The van der Waals surface area contributed by atoms with Crippen molar-refractivity contribution in [3.8, 4) is 34.5 Å². The number of esters is 2. The third-order valence-electron chi connectivity index (χ3n) is 4.72. The Morgan fingerprint density at radius 1 is 0.727 bits per heavy atom. The van der Waals surface area contributed by atoms with Gasteiger partial charge in [-0.2, -0.15) is 0 Å². The SMILES string of the molecule is [CH2]C1OC(OC(=O)c2cc(O)c(O)c(O)c2)C(O)C(OC(=O)c2cc(O)c(O)c(O)c2)C1O.